The van der Waals surface area contributed by atoms with Gasteiger partial charge < -0.3 is 0 Å². The number of anilines is 1. The first-order valence-corrected chi connectivity index (χ1v) is 8.59. The third-order valence-electron chi connectivity index (χ3n) is 3.23. The molecule has 1 N–H and O–H groups in total. The van der Waals surface area contributed by atoms with Gasteiger partial charge in [0.2, 0.25) is 0 Å². The fraction of sp³-hybridized carbons (Fsp3) is 0.143. The zero-order valence-corrected chi connectivity index (χ0v) is 14.5. The molecule has 0 saturated carbocycles. The molecule has 0 aliphatic rings. The molecule has 9 heteroatoms. The Balaban J connectivity index is 2.50. The zero-order chi connectivity index (χ0) is 17.4. The lowest BCUT2D eigenvalue weighted by atomic mass is 10.2. The van der Waals surface area contributed by atoms with Crippen molar-refractivity contribution in [2.24, 2.45) is 0 Å². The van der Waals surface area contributed by atoms with E-state index < -0.39 is 14.9 Å². The number of aryl methyl sites for hydroxylation is 1. The van der Waals surface area contributed by atoms with Crippen LogP contribution < -0.4 is 4.72 Å². The average molecular weight is 375 g/mol. The van der Waals surface area contributed by atoms with E-state index in [0.29, 0.717) is 16.3 Å². The fourth-order valence-electron chi connectivity index (χ4n) is 1.93. The van der Waals surface area contributed by atoms with Crippen LogP contribution in [-0.2, 0) is 10.0 Å². The molecule has 0 bridgehead atoms. The standard InChI is InChI=1S/C14H12Cl2N2O4S/c1-8-5-10(15)3-4-13(8)17-23(21,22)11-6-12(16)9(2)14(7-11)18(19)20/h3-7,17H,1-2H3. The first-order valence-electron chi connectivity index (χ1n) is 6.35. The zero-order valence-electron chi connectivity index (χ0n) is 12.1. The second kappa shape index (κ2) is 6.35. The molecule has 23 heavy (non-hydrogen) atoms. The number of nitrogens with zero attached hydrogens (tertiary/aromatic N) is 1. The summed E-state index contributed by atoms with van der Waals surface area (Å²) in [7, 11) is -4.03. The lowest BCUT2D eigenvalue weighted by molar-refractivity contribution is -0.385. The molecule has 0 heterocycles. The summed E-state index contributed by atoms with van der Waals surface area (Å²) in [6.45, 7) is 3.14. The smallest absolute Gasteiger partial charge is 0.275 e. The molecule has 122 valence electrons. The molecule has 0 atom stereocenters. The summed E-state index contributed by atoms with van der Waals surface area (Å²) >= 11 is 11.7. The van der Waals surface area contributed by atoms with Crippen molar-refractivity contribution in [2.45, 2.75) is 18.7 Å². The maximum Gasteiger partial charge on any atom is 0.275 e. The van der Waals surface area contributed by atoms with E-state index >= 15 is 0 Å². The van der Waals surface area contributed by atoms with Gasteiger partial charge in [-0.05, 0) is 43.7 Å². The number of hydrogen-bond acceptors (Lipinski definition) is 4. The molecule has 0 unspecified atom stereocenters. The Morgan fingerprint density at radius 3 is 2.35 bits per heavy atom. The highest BCUT2D eigenvalue weighted by molar-refractivity contribution is 7.92. The van der Waals surface area contributed by atoms with Crippen LogP contribution in [0.1, 0.15) is 11.1 Å². The van der Waals surface area contributed by atoms with E-state index in [1.807, 2.05) is 0 Å². The maximum absolute atomic E-state index is 12.5. The van der Waals surface area contributed by atoms with Crippen LogP contribution in [0.5, 0.6) is 0 Å². The first-order chi connectivity index (χ1) is 10.6. The normalized spacial score (nSPS) is 11.3. The summed E-state index contributed by atoms with van der Waals surface area (Å²) in [4.78, 5) is 10.1. The molecule has 0 aliphatic heterocycles. The van der Waals surface area contributed by atoms with Gasteiger partial charge in [-0.25, -0.2) is 8.42 Å². The number of hydrogen-bond donors (Lipinski definition) is 1. The monoisotopic (exact) mass is 374 g/mol. The van der Waals surface area contributed by atoms with Crippen molar-refractivity contribution in [1.82, 2.24) is 0 Å². The number of halogens is 2. The maximum atomic E-state index is 12.5. The van der Waals surface area contributed by atoms with Gasteiger partial charge in [0.1, 0.15) is 0 Å². The molecule has 0 saturated heterocycles. The number of sulfonamides is 1. The van der Waals surface area contributed by atoms with Crippen molar-refractivity contribution in [3.05, 3.63) is 61.6 Å². The number of nitrogens with one attached hydrogen (secondary N) is 1. The Morgan fingerprint density at radius 1 is 1.13 bits per heavy atom. The van der Waals surface area contributed by atoms with Gasteiger partial charge in [-0.1, -0.05) is 23.2 Å². The minimum atomic E-state index is -4.03. The predicted molar refractivity (Wildman–Crippen MR) is 89.8 cm³/mol. The number of benzene rings is 2. The van der Waals surface area contributed by atoms with E-state index in [1.54, 1.807) is 13.0 Å². The van der Waals surface area contributed by atoms with Crippen molar-refractivity contribution < 1.29 is 13.3 Å². The second-order valence-electron chi connectivity index (χ2n) is 4.87. The van der Waals surface area contributed by atoms with E-state index in [4.69, 9.17) is 23.2 Å². The molecule has 0 fully saturated rings. The quantitative estimate of drug-likeness (QED) is 0.637. The van der Waals surface area contributed by atoms with Crippen LogP contribution in [-0.4, -0.2) is 13.3 Å². The van der Waals surface area contributed by atoms with E-state index in [2.05, 4.69) is 4.72 Å². The highest BCUT2D eigenvalue weighted by atomic mass is 35.5. The predicted octanol–water partition coefficient (Wildman–Crippen LogP) is 4.32. The van der Waals surface area contributed by atoms with Gasteiger partial charge in [0, 0.05) is 16.7 Å². The van der Waals surface area contributed by atoms with Crippen molar-refractivity contribution in [3.63, 3.8) is 0 Å². The van der Waals surface area contributed by atoms with E-state index in [-0.39, 0.29) is 21.2 Å². The van der Waals surface area contributed by atoms with Crippen LogP contribution in [0.3, 0.4) is 0 Å². The van der Waals surface area contributed by atoms with Crippen LogP contribution in [0.25, 0.3) is 0 Å². The summed E-state index contributed by atoms with van der Waals surface area (Å²) < 4.78 is 27.3. The number of nitro groups is 1. The van der Waals surface area contributed by atoms with Gasteiger partial charge in [0.25, 0.3) is 15.7 Å². The van der Waals surface area contributed by atoms with Gasteiger partial charge in [-0.3, -0.25) is 14.8 Å². The van der Waals surface area contributed by atoms with Crippen molar-refractivity contribution >= 4 is 44.6 Å². The fourth-order valence-corrected chi connectivity index (χ4v) is 3.61. The Morgan fingerprint density at radius 2 is 1.78 bits per heavy atom. The third-order valence-corrected chi connectivity index (χ3v) is 5.20. The van der Waals surface area contributed by atoms with Gasteiger partial charge in [-0.2, -0.15) is 0 Å². The molecule has 6 nitrogen and oxygen atoms in total. The van der Waals surface area contributed by atoms with Crippen LogP contribution >= 0.6 is 23.2 Å². The van der Waals surface area contributed by atoms with Crippen LogP contribution in [0.15, 0.2) is 35.2 Å². The van der Waals surface area contributed by atoms with E-state index in [1.165, 1.54) is 25.1 Å². The summed E-state index contributed by atoms with van der Waals surface area (Å²) in [5, 5.41) is 11.5. The molecular weight excluding hydrogens is 363 g/mol. The summed E-state index contributed by atoms with van der Waals surface area (Å²) in [6.07, 6.45) is 0. The minimum Gasteiger partial charge on any atom is -0.279 e. The van der Waals surface area contributed by atoms with Crippen LogP contribution in [0.4, 0.5) is 11.4 Å². The molecular formula is C14H12Cl2N2O4S. The van der Waals surface area contributed by atoms with E-state index in [9.17, 15) is 18.5 Å². The lowest BCUT2D eigenvalue weighted by Crippen LogP contribution is -2.14. The van der Waals surface area contributed by atoms with Gasteiger partial charge in [-0.15, -0.1) is 0 Å². The molecule has 0 aromatic heterocycles. The van der Waals surface area contributed by atoms with E-state index in [0.717, 1.165) is 6.07 Å². The highest BCUT2D eigenvalue weighted by Gasteiger charge is 2.23. The molecule has 0 amide bonds. The number of nitro benzene ring substituents is 1. The van der Waals surface area contributed by atoms with Crippen LogP contribution in [0, 0.1) is 24.0 Å². The Hall–Kier alpha value is -1.83. The Kier molecular flexibility index (Phi) is 4.84. The Bertz CT molecular complexity index is 898. The number of rotatable bonds is 4. The first kappa shape index (κ1) is 17.5. The molecule has 2 aromatic rings. The highest BCUT2D eigenvalue weighted by Crippen LogP contribution is 2.31. The molecule has 0 aliphatic carbocycles. The summed E-state index contributed by atoms with van der Waals surface area (Å²) in [5.74, 6) is 0. The molecule has 0 spiro atoms. The molecule has 2 aromatic carbocycles. The minimum absolute atomic E-state index is 0.00685. The largest absolute Gasteiger partial charge is 0.279 e. The topological polar surface area (TPSA) is 89.3 Å². The summed E-state index contributed by atoms with van der Waals surface area (Å²) in [6, 6.07) is 6.81. The van der Waals surface area contributed by atoms with Gasteiger partial charge >= 0.3 is 0 Å². The van der Waals surface area contributed by atoms with Crippen molar-refractivity contribution in [3.8, 4) is 0 Å². The van der Waals surface area contributed by atoms with Crippen molar-refractivity contribution in [1.29, 1.82) is 0 Å². The third kappa shape index (κ3) is 3.74. The average Bonchev–Trinajstić information content (AvgIpc) is 2.44. The second-order valence-corrected chi connectivity index (χ2v) is 7.40. The van der Waals surface area contributed by atoms with Crippen molar-refractivity contribution in [2.75, 3.05) is 4.72 Å². The SMILES string of the molecule is Cc1cc(Cl)ccc1NS(=O)(=O)c1cc(Cl)c(C)c([N+](=O)[O-])c1. The van der Waals surface area contributed by atoms with Gasteiger partial charge in [0.05, 0.1) is 20.5 Å². The Labute approximate surface area is 143 Å². The van der Waals surface area contributed by atoms with Crippen LogP contribution in [0.2, 0.25) is 10.0 Å². The molecule has 2 rings (SSSR count). The lowest BCUT2D eigenvalue weighted by Gasteiger charge is -2.12. The summed E-state index contributed by atoms with van der Waals surface area (Å²) in [5.41, 5.74) is 0.798. The molecule has 0 radical (unpaired) electrons. The van der Waals surface area contributed by atoms with Gasteiger partial charge in [0.15, 0.2) is 0 Å².